The molecular weight excluding hydrogens is 588 g/mol. The van der Waals surface area contributed by atoms with E-state index < -0.39 is 36.2 Å². The lowest BCUT2D eigenvalue weighted by atomic mass is 9.93. The Morgan fingerprint density at radius 2 is 1.77 bits per heavy atom. The molecule has 2 aliphatic rings. The van der Waals surface area contributed by atoms with Gasteiger partial charge >= 0.3 is 12.5 Å². The lowest BCUT2D eigenvalue weighted by molar-refractivity contribution is -0.274. The maximum Gasteiger partial charge on any atom is 0.573 e. The van der Waals surface area contributed by atoms with E-state index in [1.54, 1.807) is 55.5 Å². The van der Waals surface area contributed by atoms with Crippen LogP contribution in [0.25, 0.3) is 0 Å². The van der Waals surface area contributed by atoms with Crippen molar-refractivity contribution in [1.82, 2.24) is 15.1 Å². The van der Waals surface area contributed by atoms with Gasteiger partial charge in [0.15, 0.2) is 5.69 Å². The summed E-state index contributed by atoms with van der Waals surface area (Å²) in [6, 6.07) is 11.7. The van der Waals surface area contributed by atoms with Crippen molar-refractivity contribution in [1.29, 1.82) is 0 Å². The molecule has 1 aromatic heterocycles. The minimum absolute atomic E-state index is 0.169. The first-order valence-corrected chi connectivity index (χ1v) is 14.1. The van der Waals surface area contributed by atoms with E-state index in [4.69, 9.17) is 5.73 Å². The fourth-order valence-corrected chi connectivity index (χ4v) is 5.09. The summed E-state index contributed by atoms with van der Waals surface area (Å²) in [5, 5.41) is 9.83. The number of alkyl halides is 6. The second-order valence-electron chi connectivity index (χ2n) is 11.0. The monoisotopic (exact) mass is 619 g/mol. The molecule has 3 aromatic rings. The van der Waals surface area contributed by atoms with Gasteiger partial charge in [0.1, 0.15) is 11.4 Å². The third kappa shape index (κ3) is 7.69. The number of allylic oxidation sites excluding steroid dienone is 2. The van der Waals surface area contributed by atoms with Crippen LogP contribution in [0.2, 0.25) is 0 Å². The summed E-state index contributed by atoms with van der Waals surface area (Å²) in [7, 11) is 0. The number of benzene rings is 2. The summed E-state index contributed by atoms with van der Waals surface area (Å²) in [4.78, 5) is 13.5. The van der Waals surface area contributed by atoms with E-state index in [-0.39, 0.29) is 29.6 Å². The van der Waals surface area contributed by atoms with Crippen LogP contribution in [0.4, 0.5) is 32.0 Å². The number of hydrogen-bond donors (Lipinski definition) is 3. The minimum Gasteiger partial charge on any atom is -0.406 e. The summed E-state index contributed by atoms with van der Waals surface area (Å²) in [5.74, 6) is -0.997. The Morgan fingerprint density at radius 3 is 2.43 bits per heavy atom. The first-order chi connectivity index (χ1) is 20.8. The molecule has 4 N–H and O–H groups in total. The number of nitrogens with zero attached hydrogens (tertiary/aromatic N) is 2. The Hall–Kier alpha value is -4.10. The molecule has 0 aliphatic heterocycles. The van der Waals surface area contributed by atoms with Gasteiger partial charge in [0, 0.05) is 24.2 Å². The van der Waals surface area contributed by atoms with Gasteiger partial charge in [0.2, 0.25) is 0 Å². The number of carbonyl (C=O) groups excluding carboxylic acids is 1. The molecule has 1 fully saturated rings. The van der Waals surface area contributed by atoms with Crippen LogP contribution in [-0.2, 0) is 6.18 Å². The highest BCUT2D eigenvalue weighted by Gasteiger charge is 2.38. The maximum absolute atomic E-state index is 13.7. The van der Waals surface area contributed by atoms with Crippen LogP contribution in [-0.4, -0.2) is 35.1 Å². The molecule has 7 nitrogen and oxygen atoms in total. The van der Waals surface area contributed by atoms with Crippen LogP contribution >= 0.6 is 0 Å². The summed E-state index contributed by atoms with van der Waals surface area (Å²) >= 11 is 0. The number of amides is 1. The largest absolute Gasteiger partial charge is 0.573 e. The molecule has 2 aromatic carbocycles. The number of nitrogens with one attached hydrogen (secondary N) is 2. The quantitative estimate of drug-likeness (QED) is 0.218. The molecule has 0 bridgehead atoms. The molecule has 1 saturated carbocycles. The molecule has 3 atom stereocenters. The summed E-state index contributed by atoms with van der Waals surface area (Å²) < 4.78 is 84.9. The summed E-state index contributed by atoms with van der Waals surface area (Å²) in [5.41, 5.74) is 6.37. The van der Waals surface area contributed by atoms with E-state index in [1.807, 2.05) is 0 Å². The van der Waals surface area contributed by atoms with Gasteiger partial charge < -0.3 is 21.1 Å². The molecule has 2 aliphatic carbocycles. The first kappa shape index (κ1) is 31.3. The lowest BCUT2D eigenvalue weighted by Gasteiger charge is -2.25. The molecule has 13 heteroatoms. The fourth-order valence-electron chi connectivity index (χ4n) is 5.09. The predicted molar refractivity (Wildman–Crippen MR) is 152 cm³/mol. The van der Waals surface area contributed by atoms with Crippen LogP contribution in [0.1, 0.15) is 59.2 Å². The van der Waals surface area contributed by atoms with Gasteiger partial charge in [-0.05, 0) is 66.3 Å². The van der Waals surface area contributed by atoms with Crippen molar-refractivity contribution < 1.29 is 35.9 Å². The van der Waals surface area contributed by atoms with Gasteiger partial charge in [0.25, 0.3) is 5.91 Å². The highest BCUT2D eigenvalue weighted by atomic mass is 19.4. The molecule has 0 saturated heterocycles. The Morgan fingerprint density at radius 1 is 1.07 bits per heavy atom. The normalized spacial score (nSPS) is 19.4. The number of carbonyl (C=O) groups is 1. The van der Waals surface area contributed by atoms with Crippen molar-refractivity contribution in [3.05, 3.63) is 101 Å². The van der Waals surface area contributed by atoms with Gasteiger partial charge in [-0.15, -0.1) is 13.2 Å². The number of rotatable bonds is 10. The Bertz CT molecular complexity index is 1560. The third-order valence-electron chi connectivity index (χ3n) is 7.52. The van der Waals surface area contributed by atoms with Crippen molar-refractivity contribution in [2.45, 2.75) is 44.4 Å². The number of halogens is 6. The summed E-state index contributed by atoms with van der Waals surface area (Å²) in [6.45, 7) is 2.59. The molecule has 1 amide bonds. The van der Waals surface area contributed by atoms with Gasteiger partial charge in [0.05, 0.1) is 12.1 Å². The highest BCUT2D eigenvalue weighted by molar-refractivity contribution is 6.03. The SMILES string of the molecule is CC1C=CC(CN)=CC1n1nc(C(F)(F)F)cc1C(=O)Nc1cccc(C(NCC2CC2)c2cccc(OC(F)(F)F)c2)c1. The van der Waals surface area contributed by atoms with Crippen molar-refractivity contribution in [3.8, 4) is 5.75 Å². The van der Waals surface area contributed by atoms with E-state index in [9.17, 15) is 31.1 Å². The van der Waals surface area contributed by atoms with E-state index in [0.717, 1.165) is 17.5 Å². The fraction of sp³-hybridized carbons (Fsp3) is 0.355. The van der Waals surface area contributed by atoms with Crippen LogP contribution in [0.5, 0.6) is 5.75 Å². The Labute approximate surface area is 249 Å². The van der Waals surface area contributed by atoms with Gasteiger partial charge in [-0.3, -0.25) is 9.48 Å². The zero-order chi connectivity index (χ0) is 31.6. The number of anilines is 1. The van der Waals surface area contributed by atoms with Gasteiger partial charge in [-0.1, -0.05) is 49.4 Å². The van der Waals surface area contributed by atoms with Crippen molar-refractivity contribution >= 4 is 11.6 Å². The maximum atomic E-state index is 13.7. The molecule has 5 rings (SSSR count). The average Bonchev–Trinajstić information content (AvgIpc) is 3.66. The van der Waals surface area contributed by atoms with Crippen molar-refractivity contribution in [3.63, 3.8) is 0 Å². The molecule has 0 radical (unpaired) electrons. The molecule has 0 spiro atoms. The second-order valence-corrected chi connectivity index (χ2v) is 11.0. The topological polar surface area (TPSA) is 94.2 Å². The van der Waals surface area contributed by atoms with Crippen molar-refractivity contribution in [2.24, 2.45) is 17.6 Å². The number of nitrogens with two attached hydrogens (primary N) is 1. The smallest absolute Gasteiger partial charge is 0.406 e. The van der Waals surface area contributed by atoms with Gasteiger partial charge in [-0.25, -0.2) is 0 Å². The van der Waals surface area contributed by atoms with Crippen LogP contribution in [0, 0.1) is 11.8 Å². The van der Waals surface area contributed by atoms with Crippen LogP contribution in [0.3, 0.4) is 0 Å². The Balaban J connectivity index is 1.45. The molecule has 1 heterocycles. The minimum atomic E-state index is -4.86. The van der Waals surface area contributed by atoms with E-state index >= 15 is 0 Å². The molecule has 3 unspecified atom stereocenters. The standard InChI is InChI=1S/C31H31F6N5O2/c1-18-8-9-20(16-38)12-25(18)42-26(15-27(41-42)30(32,33)34)29(43)40-23-6-2-4-21(13-23)28(39-17-19-10-11-19)22-5-3-7-24(14-22)44-31(35,36)37/h2-9,12-15,18-19,25,28,39H,10-11,16-17,38H2,1H3,(H,40,43). The highest BCUT2D eigenvalue weighted by Crippen LogP contribution is 2.35. The van der Waals surface area contributed by atoms with Gasteiger partial charge in [-0.2, -0.15) is 18.3 Å². The molecular formula is C31H31F6N5O2. The first-order valence-electron chi connectivity index (χ1n) is 14.1. The third-order valence-corrected chi connectivity index (χ3v) is 7.52. The molecule has 44 heavy (non-hydrogen) atoms. The van der Waals surface area contributed by atoms with E-state index in [0.29, 0.717) is 35.2 Å². The zero-order valence-corrected chi connectivity index (χ0v) is 23.6. The number of ether oxygens (including phenoxy) is 1. The number of aromatic nitrogens is 2. The lowest BCUT2D eigenvalue weighted by Crippen LogP contribution is -2.26. The number of hydrogen-bond acceptors (Lipinski definition) is 5. The summed E-state index contributed by atoms with van der Waals surface area (Å²) in [6.07, 6.45) is -2.27. The van der Waals surface area contributed by atoms with Crippen LogP contribution < -0.4 is 21.1 Å². The predicted octanol–water partition coefficient (Wildman–Crippen LogP) is 6.77. The molecule has 234 valence electrons. The van der Waals surface area contributed by atoms with Crippen molar-refractivity contribution in [2.75, 3.05) is 18.4 Å². The van der Waals surface area contributed by atoms with E-state index in [2.05, 4.69) is 20.5 Å². The zero-order valence-electron chi connectivity index (χ0n) is 23.6. The van der Waals surface area contributed by atoms with E-state index in [1.165, 1.54) is 18.2 Å². The van der Waals surface area contributed by atoms with Crippen LogP contribution in [0.15, 0.2) is 78.4 Å². The Kier molecular flexibility index (Phi) is 8.89. The average molecular weight is 620 g/mol. The second kappa shape index (κ2) is 12.5.